The Labute approximate surface area is 168 Å². The number of hydrogen-bond acceptors (Lipinski definition) is 6. The second kappa shape index (κ2) is 10.8. The van der Waals surface area contributed by atoms with E-state index in [0.29, 0.717) is 13.0 Å². The minimum Gasteiger partial charge on any atom is -0.382 e. The van der Waals surface area contributed by atoms with Gasteiger partial charge in [0.05, 0.1) is 17.9 Å². The van der Waals surface area contributed by atoms with E-state index >= 15 is 0 Å². The van der Waals surface area contributed by atoms with Gasteiger partial charge in [0.15, 0.2) is 0 Å². The number of nitrogens with one attached hydrogen (secondary N) is 1. The van der Waals surface area contributed by atoms with Crippen molar-refractivity contribution in [2.45, 2.75) is 6.92 Å². The zero-order chi connectivity index (χ0) is 19.7. The van der Waals surface area contributed by atoms with Crippen molar-refractivity contribution in [3.05, 3.63) is 58.9 Å². The predicted octanol–water partition coefficient (Wildman–Crippen LogP) is 3.15. The molecule has 0 aliphatic carbocycles. The highest BCUT2D eigenvalue weighted by atomic mass is 127. The SMILES string of the molecule is C\C1=C/C(NC=O)=C(F)\C=C\C=C(\C(=O)/C(C#N)=C/N(C)C)N(SI)C1. The van der Waals surface area contributed by atoms with Crippen LogP contribution in [-0.2, 0) is 9.59 Å². The Morgan fingerprint density at radius 1 is 1.54 bits per heavy atom. The average Bonchev–Trinajstić information content (AvgIpc) is 2.60. The number of carbonyl (C=O) groups excluding carboxylic acids is 2. The van der Waals surface area contributed by atoms with Crippen molar-refractivity contribution in [1.29, 1.82) is 5.26 Å². The van der Waals surface area contributed by atoms with Gasteiger partial charge in [-0.25, -0.2) is 4.39 Å². The molecule has 26 heavy (non-hydrogen) atoms. The molecule has 0 radical (unpaired) electrons. The fourth-order valence-corrected chi connectivity index (χ4v) is 3.55. The molecule has 0 aromatic carbocycles. The topological polar surface area (TPSA) is 76.4 Å². The summed E-state index contributed by atoms with van der Waals surface area (Å²) in [4.78, 5) is 25.1. The molecule has 0 saturated heterocycles. The minimum absolute atomic E-state index is 0.0249. The zero-order valence-electron chi connectivity index (χ0n) is 14.5. The van der Waals surface area contributed by atoms with Crippen LogP contribution < -0.4 is 5.32 Å². The molecule has 138 valence electrons. The van der Waals surface area contributed by atoms with Crippen LogP contribution in [0.3, 0.4) is 0 Å². The van der Waals surface area contributed by atoms with Crippen molar-refractivity contribution in [2.75, 3.05) is 20.6 Å². The maximum Gasteiger partial charge on any atom is 0.221 e. The Balaban J connectivity index is 3.43. The lowest BCUT2D eigenvalue weighted by atomic mass is 10.1. The number of hydrogen-bond donors (Lipinski definition) is 1. The second-order valence-corrected chi connectivity index (χ2v) is 7.24. The molecule has 6 nitrogen and oxygen atoms in total. The fourth-order valence-electron chi connectivity index (χ4n) is 2.03. The van der Waals surface area contributed by atoms with Crippen LogP contribution in [0.2, 0.25) is 0 Å². The fraction of sp³-hybridized carbons (Fsp3) is 0.235. The molecule has 1 amide bonds. The highest BCUT2D eigenvalue weighted by Crippen LogP contribution is 2.28. The molecule has 1 aliphatic heterocycles. The van der Waals surface area contributed by atoms with E-state index in [-0.39, 0.29) is 17.0 Å². The van der Waals surface area contributed by atoms with Gasteiger partial charge in [0, 0.05) is 50.6 Å². The zero-order valence-corrected chi connectivity index (χ0v) is 17.5. The molecule has 0 aromatic heterocycles. The van der Waals surface area contributed by atoms with E-state index in [4.69, 9.17) is 0 Å². The predicted molar refractivity (Wildman–Crippen MR) is 109 cm³/mol. The van der Waals surface area contributed by atoms with Gasteiger partial charge >= 0.3 is 0 Å². The third-order valence-corrected chi connectivity index (χ3v) is 5.01. The summed E-state index contributed by atoms with van der Waals surface area (Å²) >= 11 is 2.03. The molecule has 0 aromatic rings. The largest absolute Gasteiger partial charge is 0.382 e. The van der Waals surface area contributed by atoms with Crippen LogP contribution in [0.25, 0.3) is 0 Å². The van der Waals surface area contributed by atoms with Gasteiger partial charge in [-0.05, 0) is 25.2 Å². The van der Waals surface area contributed by atoms with Gasteiger partial charge in [-0.3, -0.25) is 13.9 Å². The van der Waals surface area contributed by atoms with Crippen LogP contribution in [-0.4, -0.2) is 42.0 Å². The number of rotatable bonds is 6. The number of Topliss-reactive ketones (excluding diaryl/α,β-unsaturated/α-hetero) is 1. The number of nitriles is 1. The summed E-state index contributed by atoms with van der Waals surface area (Å²) in [7, 11) is 4.70. The quantitative estimate of drug-likeness (QED) is 0.204. The highest BCUT2D eigenvalue weighted by Gasteiger charge is 2.22. The summed E-state index contributed by atoms with van der Waals surface area (Å²) in [6, 6.07) is 1.90. The Kier molecular flexibility index (Phi) is 9.15. The number of nitrogens with zero attached hydrogens (tertiary/aromatic N) is 3. The summed E-state index contributed by atoms with van der Waals surface area (Å²) in [5.74, 6) is -1.10. The minimum atomic E-state index is -0.639. The molecular weight excluding hydrogens is 470 g/mol. The van der Waals surface area contributed by atoms with E-state index < -0.39 is 11.6 Å². The van der Waals surface area contributed by atoms with Gasteiger partial charge in [-0.2, -0.15) is 5.26 Å². The van der Waals surface area contributed by atoms with Gasteiger partial charge in [0.2, 0.25) is 12.2 Å². The lowest BCUT2D eigenvalue weighted by Gasteiger charge is -2.23. The molecule has 0 fully saturated rings. The number of ketones is 1. The third-order valence-electron chi connectivity index (χ3n) is 3.09. The maximum atomic E-state index is 14.2. The molecule has 0 saturated carbocycles. The van der Waals surface area contributed by atoms with Gasteiger partial charge < -0.3 is 10.2 Å². The molecule has 0 unspecified atom stereocenters. The Hall–Kier alpha value is -2.06. The monoisotopic (exact) mass is 488 g/mol. The standard InChI is InChI=1S/C17H18FIN4O2S/c1-12-7-15(21-11-24)14(18)5-4-6-16(23(9-12)26-19)17(25)13(8-20)10-22(2)3/h4-7,10-11H,9H2,1-3H3,(H,21,24)/b5-4+,12-7+,13-10+,15-14-,16-6-. The Morgan fingerprint density at radius 3 is 2.77 bits per heavy atom. The Morgan fingerprint density at radius 2 is 2.23 bits per heavy atom. The van der Waals surface area contributed by atoms with Crippen molar-refractivity contribution in [3.63, 3.8) is 0 Å². The van der Waals surface area contributed by atoms with Gasteiger partial charge in [0.25, 0.3) is 0 Å². The van der Waals surface area contributed by atoms with Crippen molar-refractivity contribution in [2.24, 2.45) is 0 Å². The molecule has 1 rings (SSSR count). The molecule has 1 aliphatic rings. The third kappa shape index (κ3) is 6.34. The van der Waals surface area contributed by atoms with Gasteiger partial charge in [-0.15, -0.1) is 0 Å². The summed E-state index contributed by atoms with van der Waals surface area (Å²) < 4.78 is 15.9. The van der Waals surface area contributed by atoms with E-state index in [1.807, 2.05) is 27.3 Å². The van der Waals surface area contributed by atoms with E-state index in [9.17, 15) is 19.2 Å². The number of carbonyl (C=O) groups is 2. The van der Waals surface area contributed by atoms with E-state index in [1.165, 1.54) is 33.5 Å². The molecular formula is C17H18FIN4O2S. The van der Waals surface area contributed by atoms with Crippen LogP contribution in [0, 0.1) is 11.3 Å². The molecule has 0 bridgehead atoms. The highest BCUT2D eigenvalue weighted by molar-refractivity contribution is 14.2. The molecule has 1 N–H and O–H groups in total. The van der Waals surface area contributed by atoms with E-state index in [1.54, 1.807) is 30.2 Å². The van der Waals surface area contributed by atoms with Crippen LogP contribution in [0.5, 0.6) is 0 Å². The molecule has 0 spiro atoms. The van der Waals surface area contributed by atoms with E-state index in [2.05, 4.69) is 5.32 Å². The van der Waals surface area contributed by atoms with Crippen LogP contribution >= 0.6 is 30.3 Å². The van der Waals surface area contributed by atoms with Crippen LogP contribution in [0.15, 0.2) is 58.9 Å². The lowest BCUT2D eigenvalue weighted by Crippen LogP contribution is -2.24. The second-order valence-electron chi connectivity index (χ2n) is 5.48. The summed E-state index contributed by atoms with van der Waals surface area (Å²) in [5, 5.41) is 11.6. The number of amides is 1. The molecule has 9 heteroatoms. The van der Waals surface area contributed by atoms with Crippen molar-refractivity contribution in [3.8, 4) is 6.07 Å². The average molecular weight is 488 g/mol. The number of halogens is 2. The molecule has 0 atom stereocenters. The summed E-state index contributed by atoms with van der Waals surface area (Å²) in [6.45, 7) is 2.06. The first kappa shape index (κ1) is 22.0. The normalized spacial score (nSPS) is 23.7. The first-order valence-corrected chi connectivity index (χ1v) is 10.7. The van der Waals surface area contributed by atoms with E-state index in [0.717, 1.165) is 11.6 Å². The van der Waals surface area contributed by atoms with Crippen LogP contribution in [0.4, 0.5) is 4.39 Å². The maximum absolute atomic E-state index is 14.2. The Bertz CT molecular complexity index is 763. The smallest absolute Gasteiger partial charge is 0.221 e. The molecule has 1 heterocycles. The van der Waals surface area contributed by atoms with Crippen LogP contribution in [0.1, 0.15) is 6.92 Å². The summed E-state index contributed by atoms with van der Waals surface area (Å²) in [5.41, 5.74) is 0.990. The van der Waals surface area contributed by atoms with Crippen molar-refractivity contribution in [1.82, 2.24) is 14.5 Å². The summed E-state index contributed by atoms with van der Waals surface area (Å²) in [6.07, 6.45) is 7.31. The van der Waals surface area contributed by atoms with Crippen molar-refractivity contribution >= 4 is 42.5 Å². The first-order chi connectivity index (χ1) is 12.3. The number of allylic oxidation sites excluding steroid dienone is 6. The lowest BCUT2D eigenvalue weighted by molar-refractivity contribution is -0.112. The van der Waals surface area contributed by atoms with Crippen molar-refractivity contribution < 1.29 is 14.0 Å². The van der Waals surface area contributed by atoms with Gasteiger partial charge in [-0.1, -0.05) is 11.6 Å². The first-order valence-electron chi connectivity index (χ1n) is 7.38. The van der Waals surface area contributed by atoms with Gasteiger partial charge in [0.1, 0.15) is 17.5 Å².